The summed E-state index contributed by atoms with van der Waals surface area (Å²) in [4.78, 5) is 15.8. The van der Waals surface area contributed by atoms with Gasteiger partial charge in [0.25, 0.3) is 5.56 Å². The highest BCUT2D eigenvalue weighted by Gasteiger charge is 2.49. The molecular weight excluding hydrogens is 424 g/mol. The normalized spacial score (nSPS) is 30.8. The number of hydrogen-bond donors (Lipinski definition) is 1. The van der Waals surface area contributed by atoms with Crippen LogP contribution in [0.4, 0.5) is 0 Å². The number of pyridine rings is 1. The molecule has 0 saturated heterocycles. The van der Waals surface area contributed by atoms with E-state index in [1.54, 1.807) is 24.4 Å². The number of aromatic nitrogens is 2. The molecule has 4 bridgehead atoms. The quantitative estimate of drug-likeness (QED) is 0.641. The molecule has 1 aromatic carbocycles. The van der Waals surface area contributed by atoms with E-state index in [4.69, 9.17) is 8.85 Å². The van der Waals surface area contributed by atoms with E-state index in [0.29, 0.717) is 34.1 Å². The minimum Gasteiger partial charge on any atom is -0.489 e. The summed E-state index contributed by atoms with van der Waals surface area (Å²) in [5.41, 5.74) is 0.422. The van der Waals surface area contributed by atoms with E-state index in [1.807, 2.05) is 0 Å². The van der Waals surface area contributed by atoms with Crippen molar-refractivity contribution in [2.75, 3.05) is 6.26 Å². The average molecular weight is 456 g/mol. The number of hydrogen-bond acceptors (Lipinski definition) is 4. The van der Waals surface area contributed by atoms with E-state index in [0.717, 1.165) is 22.7 Å². The third-order valence-electron chi connectivity index (χ3n) is 7.80. The standard InChI is InChI=1S/C25H28N2O4S/c1-27-13-21(19-5-6-26-23(19)25(27)28)20-12-18(32(2,29)30)3-4-22(20)31-24-16-8-14-7-15(10-16)11-17(24)9-14/h3-6,12-17,24,26H,7-11H2,1-2H3/i1D3. The molecule has 32 heavy (non-hydrogen) atoms. The molecule has 0 atom stereocenters. The van der Waals surface area contributed by atoms with Crippen molar-refractivity contribution in [3.63, 3.8) is 0 Å². The second kappa shape index (κ2) is 6.98. The zero-order chi connectivity index (χ0) is 24.7. The number of nitrogens with zero attached hydrogens (tertiary/aromatic N) is 1. The monoisotopic (exact) mass is 455 g/mol. The van der Waals surface area contributed by atoms with Crippen LogP contribution in [0.25, 0.3) is 22.0 Å². The smallest absolute Gasteiger partial charge is 0.274 e. The van der Waals surface area contributed by atoms with Gasteiger partial charge in [-0.3, -0.25) is 4.79 Å². The molecule has 0 aliphatic heterocycles. The number of aromatic amines is 1. The highest BCUT2D eigenvalue weighted by molar-refractivity contribution is 7.90. The summed E-state index contributed by atoms with van der Waals surface area (Å²) in [5, 5.41) is 0.524. The van der Waals surface area contributed by atoms with Gasteiger partial charge in [0, 0.05) is 46.3 Å². The Balaban J connectivity index is 1.53. The number of ether oxygens (including phenoxy) is 1. The Morgan fingerprint density at radius 2 is 1.78 bits per heavy atom. The zero-order valence-electron chi connectivity index (χ0n) is 20.9. The molecule has 4 aliphatic carbocycles. The molecular formula is C25H28N2O4S. The van der Waals surface area contributed by atoms with E-state index in [-0.39, 0.29) is 16.5 Å². The van der Waals surface area contributed by atoms with E-state index in [1.165, 1.54) is 44.4 Å². The van der Waals surface area contributed by atoms with Gasteiger partial charge in [-0.25, -0.2) is 8.42 Å². The molecule has 4 saturated carbocycles. The molecule has 7 rings (SSSR count). The minimum atomic E-state index is -3.53. The lowest BCUT2D eigenvalue weighted by atomic mass is 9.55. The van der Waals surface area contributed by atoms with Crippen molar-refractivity contribution in [1.82, 2.24) is 9.55 Å². The molecule has 168 valence electrons. The Morgan fingerprint density at radius 3 is 2.44 bits per heavy atom. The SMILES string of the molecule is [2H]C([2H])([2H])n1cc(-c2cc(S(C)(=O)=O)ccc2OC2C3CC4CC(C3)CC2C4)c2cc[nH]c2c1=O. The van der Waals surface area contributed by atoms with Crippen LogP contribution >= 0.6 is 0 Å². The second-order valence-electron chi connectivity index (χ2n) is 9.93. The predicted molar refractivity (Wildman–Crippen MR) is 124 cm³/mol. The molecule has 1 N–H and O–H groups in total. The van der Waals surface area contributed by atoms with Crippen molar-refractivity contribution in [3.8, 4) is 16.9 Å². The van der Waals surface area contributed by atoms with Crippen molar-refractivity contribution in [2.45, 2.75) is 43.1 Å². The molecule has 4 aliphatic rings. The summed E-state index contributed by atoms with van der Waals surface area (Å²) in [7, 11) is -3.53. The van der Waals surface area contributed by atoms with Gasteiger partial charge in [0.1, 0.15) is 17.4 Å². The lowest BCUT2D eigenvalue weighted by molar-refractivity contribution is -0.0787. The Hall–Kier alpha value is -2.54. The number of aryl methyl sites for hydroxylation is 1. The van der Waals surface area contributed by atoms with Crippen LogP contribution in [-0.2, 0) is 16.8 Å². The van der Waals surface area contributed by atoms with E-state index in [2.05, 4.69) is 4.98 Å². The van der Waals surface area contributed by atoms with Gasteiger partial charge in [0.15, 0.2) is 9.84 Å². The third kappa shape index (κ3) is 3.12. The highest BCUT2D eigenvalue weighted by atomic mass is 32.2. The van der Waals surface area contributed by atoms with Crippen molar-refractivity contribution in [2.24, 2.45) is 30.6 Å². The van der Waals surface area contributed by atoms with E-state index >= 15 is 0 Å². The topological polar surface area (TPSA) is 81.2 Å². The summed E-state index contributed by atoms with van der Waals surface area (Å²) in [6.45, 7) is -2.69. The molecule has 2 aromatic heterocycles. The number of sulfone groups is 1. The average Bonchev–Trinajstić information content (AvgIpc) is 3.25. The molecule has 0 amide bonds. The number of nitrogens with one attached hydrogen (secondary N) is 1. The van der Waals surface area contributed by atoms with Gasteiger partial charge < -0.3 is 14.3 Å². The van der Waals surface area contributed by atoms with Gasteiger partial charge in [0.05, 0.1) is 4.90 Å². The Labute approximate surface area is 191 Å². The molecule has 2 heterocycles. The van der Waals surface area contributed by atoms with Crippen LogP contribution in [-0.4, -0.2) is 30.3 Å². The maximum absolute atomic E-state index is 12.9. The largest absolute Gasteiger partial charge is 0.489 e. The van der Waals surface area contributed by atoms with Crippen LogP contribution in [0.3, 0.4) is 0 Å². The summed E-state index contributed by atoms with van der Waals surface area (Å²) in [6, 6.07) is 6.46. The number of H-pyrrole nitrogens is 1. The fourth-order valence-electron chi connectivity index (χ4n) is 6.63. The first kappa shape index (κ1) is 17.0. The lowest BCUT2D eigenvalue weighted by Gasteiger charge is -2.53. The molecule has 0 radical (unpaired) electrons. The van der Waals surface area contributed by atoms with Crippen LogP contribution < -0.4 is 10.3 Å². The van der Waals surface area contributed by atoms with Crippen LogP contribution in [0.15, 0.2) is 46.3 Å². The molecule has 0 unspecified atom stereocenters. The van der Waals surface area contributed by atoms with Crippen LogP contribution in [0.5, 0.6) is 5.75 Å². The summed E-state index contributed by atoms with van der Waals surface area (Å²) >= 11 is 0. The van der Waals surface area contributed by atoms with Crippen molar-refractivity contribution in [3.05, 3.63) is 47.0 Å². The molecule has 4 fully saturated rings. The fraction of sp³-hybridized carbons (Fsp3) is 0.480. The van der Waals surface area contributed by atoms with Gasteiger partial charge in [-0.15, -0.1) is 0 Å². The summed E-state index contributed by atoms with van der Waals surface area (Å²) < 4.78 is 55.9. The molecule has 6 nitrogen and oxygen atoms in total. The van der Waals surface area contributed by atoms with E-state index in [9.17, 15) is 13.2 Å². The summed E-state index contributed by atoms with van der Waals surface area (Å²) in [5.74, 6) is 3.06. The molecule has 0 spiro atoms. The Bertz CT molecular complexity index is 1460. The number of benzene rings is 1. The lowest BCUT2D eigenvalue weighted by Crippen LogP contribution is -2.50. The van der Waals surface area contributed by atoms with Gasteiger partial charge >= 0.3 is 0 Å². The Kier molecular flexibility index (Phi) is 3.71. The van der Waals surface area contributed by atoms with Crippen LogP contribution in [0, 0.1) is 23.7 Å². The number of fused-ring (bicyclic) bond motifs is 1. The zero-order valence-corrected chi connectivity index (χ0v) is 18.7. The van der Waals surface area contributed by atoms with Crippen LogP contribution in [0.1, 0.15) is 36.2 Å². The Morgan fingerprint density at radius 1 is 1.06 bits per heavy atom. The minimum absolute atomic E-state index is 0.0564. The van der Waals surface area contributed by atoms with Crippen LogP contribution in [0.2, 0.25) is 0 Å². The number of rotatable bonds is 4. The first-order valence-corrected chi connectivity index (χ1v) is 13.1. The third-order valence-corrected chi connectivity index (χ3v) is 8.91. The van der Waals surface area contributed by atoms with Gasteiger partial charge in [-0.05, 0) is 80.0 Å². The summed E-state index contributed by atoms with van der Waals surface area (Å²) in [6.07, 6.45) is 10.1. The second-order valence-corrected chi connectivity index (χ2v) is 11.9. The molecule has 3 aromatic rings. The first-order valence-electron chi connectivity index (χ1n) is 12.7. The maximum atomic E-state index is 12.9. The molecule has 7 heteroatoms. The fourth-order valence-corrected chi connectivity index (χ4v) is 7.28. The van der Waals surface area contributed by atoms with Crippen molar-refractivity contribution < 1.29 is 17.3 Å². The van der Waals surface area contributed by atoms with Gasteiger partial charge in [-0.2, -0.15) is 0 Å². The van der Waals surface area contributed by atoms with E-state index < -0.39 is 22.4 Å². The van der Waals surface area contributed by atoms with Gasteiger partial charge in [0.2, 0.25) is 0 Å². The first-order chi connectivity index (χ1) is 16.5. The predicted octanol–water partition coefficient (Wildman–Crippen LogP) is 4.14. The maximum Gasteiger partial charge on any atom is 0.274 e. The van der Waals surface area contributed by atoms with Crippen molar-refractivity contribution >= 4 is 20.7 Å². The van der Waals surface area contributed by atoms with Gasteiger partial charge in [-0.1, -0.05) is 0 Å². The van der Waals surface area contributed by atoms with Crippen molar-refractivity contribution in [1.29, 1.82) is 0 Å². The highest BCUT2D eigenvalue weighted by Crippen LogP contribution is 2.55.